The van der Waals surface area contributed by atoms with Crippen LogP contribution >= 0.6 is 0 Å². The standard InChI is InChI=1S/C8H7N/c1-2-4-8-7(3-1)5-6-9-8/h1-4,6H,5H2/q+1. The van der Waals surface area contributed by atoms with Crippen molar-refractivity contribution < 1.29 is 0 Å². The second-order valence-corrected chi connectivity index (χ2v) is 2.14. The van der Waals surface area contributed by atoms with Gasteiger partial charge in [-0.15, -0.1) is 0 Å². The summed E-state index contributed by atoms with van der Waals surface area (Å²) < 4.78 is 0. The molecule has 1 nitrogen and oxygen atoms in total. The summed E-state index contributed by atoms with van der Waals surface area (Å²) in [6.45, 7) is 0. The first-order chi connectivity index (χ1) is 4.47. The summed E-state index contributed by atoms with van der Waals surface area (Å²) in [4.78, 5) is 4.17. The molecule has 1 heteroatoms. The van der Waals surface area contributed by atoms with E-state index in [1.54, 1.807) is 0 Å². The van der Waals surface area contributed by atoms with Crippen LogP contribution in [0.1, 0.15) is 5.56 Å². The number of benzene rings is 1. The molecule has 0 N–H and O–H groups in total. The Bertz CT molecular complexity index is 250. The van der Waals surface area contributed by atoms with E-state index in [4.69, 9.17) is 0 Å². The van der Waals surface area contributed by atoms with Crippen LogP contribution in [0.5, 0.6) is 0 Å². The van der Waals surface area contributed by atoms with E-state index in [9.17, 15) is 0 Å². The average molecular weight is 117 g/mol. The van der Waals surface area contributed by atoms with Crippen LogP contribution in [0, 0.1) is 0 Å². The fourth-order valence-electron chi connectivity index (χ4n) is 1.05. The van der Waals surface area contributed by atoms with Crippen LogP contribution in [0.3, 0.4) is 0 Å². The van der Waals surface area contributed by atoms with E-state index in [0.29, 0.717) is 0 Å². The lowest BCUT2D eigenvalue weighted by molar-refractivity contribution is 1.38. The van der Waals surface area contributed by atoms with Gasteiger partial charge in [0.1, 0.15) is 0 Å². The zero-order valence-electron chi connectivity index (χ0n) is 5.04. The number of hydrogen-bond donors (Lipinski definition) is 0. The summed E-state index contributed by atoms with van der Waals surface area (Å²) >= 11 is 0. The molecule has 0 saturated carbocycles. The van der Waals surface area contributed by atoms with Gasteiger partial charge in [-0.3, -0.25) is 0 Å². The van der Waals surface area contributed by atoms with Crippen molar-refractivity contribution in [2.45, 2.75) is 6.42 Å². The smallest absolute Gasteiger partial charge is 0.0615 e. The minimum Gasteiger partial charge on any atom is -0.0615 e. The molecule has 0 spiro atoms. The molecular formula is C8H7N+. The van der Waals surface area contributed by atoms with E-state index < -0.39 is 0 Å². The van der Waals surface area contributed by atoms with Crippen molar-refractivity contribution in [3.63, 3.8) is 0 Å². The minimum absolute atomic E-state index is 1.01. The maximum absolute atomic E-state index is 4.17. The van der Waals surface area contributed by atoms with E-state index in [2.05, 4.69) is 11.1 Å². The second-order valence-electron chi connectivity index (χ2n) is 2.14. The Morgan fingerprint density at radius 2 is 2.11 bits per heavy atom. The number of fused-ring (bicyclic) bond motifs is 1. The van der Waals surface area contributed by atoms with Crippen LogP contribution in [0.25, 0.3) is 0 Å². The Morgan fingerprint density at radius 3 is 3.00 bits per heavy atom. The molecule has 0 fully saturated rings. The van der Waals surface area contributed by atoms with Gasteiger partial charge in [-0.25, -0.2) is 0 Å². The summed E-state index contributed by atoms with van der Waals surface area (Å²) in [5.74, 6) is 0. The molecule has 0 bridgehead atoms. The molecule has 1 radical (unpaired) electrons. The van der Waals surface area contributed by atoms with Crippen LogP contribution in [0.15, 0.2) is 24.3 Å². The lowest BCUT2D eigenvalue weighted by Gasteiger charge is -1.82. The van der Waals surface area contributed by atoms with Gasteiger partial charge in [0.15, 0.2) is 0 Å². The third-order valence-corrected chi connectivity index (χ3v) is 1.53. The van der Waals surface area contributed by atoms with E-state index in [-0.39, 0.29) is 0 Å². The molecule has 0 aromatic heterocycles. The molecular weight excluding hydrogens is 110 g/mol. The van der Waals surface area contributed by atoms with Crippen LogP contribution in [-0.2, 0) is 6.42 Å². The topological polar surface area (TPSA) is 14.1 Å². The normalized spacial score (nSPS) is 13.8. The third-order valence-electron chi connectivity index (χ3n) is 1.53. The quantitative estimate of drug-likeness (QED) is 0.486. The van der Waals surface area contributed by atoms with Gasteiger partial charge >= 0.3 is 0 Å². The van der Waals surface area contributed by atoms with Crippen LogP contribution in [-0.4, -0.2) is 6.21 Å². The number of aliphatic imine (C=N–C) groups is 1. The number of rotatable bonds is 0. The van der Waals surface area contributed by atoms with Crippen molar-refractivity contribution in [2.24, 2.45) is 0 Å². The van der Waals surface area contributed by atoms with Gasteiger partial charge in [-0.05, 0) is 0 Å². The zero-order valence-corrected chi connectivity index (χ0v) is 5.04. The van der Waals surface area contributed by atoms with Crippen LogP contribution in [0.2, 0.25) is 0 Å². The van der Waals surface area contributed by atoms with Crippen molar-refractivity contribution in [1.29, 1.82) is 0 Å². The Labute approximate surface area is 54.1 Å². The third kappa shape index (κ3) is 0.653. The minimum atomic E-state index is 1.01. The lowest BCUT2D eigenvalue weighted by atomic mass is 10.2. The molecule has 0 saturated heterocycles. The van der Waals surface area contributed by atoms with Gasteiger partial charge < -0.3 is 0 Å². The Balaban J connectivity index is 2.63. The number of hydrogen-bond acceptors (Lipinski definition) is 1. The van der Waals surface area contributed by atoms with Gasteiger partial charge in [0.25, 0.3) is 5.69 Å². The fourth-order valence-corrected chi connectivity index (χ4v) is 1.05. The molecule has 0 unspecified atom stereocenters. The van der Waals surface area contributed by atoms with E-state index in [0.717, 1.165) is 12.1 Å². The van der Waals surface area contributed by atoms with Gasteiger partial charge in [0.05, 0.1) is 11.4 Å². The van der Waals surface area contributed by atoms with Gasteiger partial charge in [-0.1, -0.05) is 18.2 Å². The highest BCUT2D eigenvalue weighted by Crippen LogP contribution is 2.16. The molecule has 9 heavy (non-hydrogen) atoms. The molecule has 1 aromatic carbocycles. The van der Waals surface area contributed by atoms with Crippen molar-refractivity contribution in [1.82, 2.24) is 4.99 Å². The van der Waals surface area contributed by atoms with E-state index >= 15 is 0 Å². The molecule has 1 aliphatic rings. The second kappa shape index (κ2) is 1.69. The maximum atomic E-state index is 4.17. The lowest BCUT2D eigenvalue weighted by Crippen LogP contribution is -1.75. The molecule has 43 valence electrons. The molecule has 0 amide bonds. The predicted molar refractivity (Wildman–Crippen MR) is 38.0 cm³/mol. The monoisotopic (exact) mass is 117 g/mol. The average Bonchev–Trinajstić information content (AvgIpc) is 2.33. The first-order valence-corrected chi connectivity index (χ1v) is 3.07. The highest BCUT2D eigenvalue weighted by Gasteiger charge is 2.15. The van der Waals surface area contributed by atoms with Crippen LogP contribution < -0.4 is 4.99 Å². The summed E-state index contributed by atoms with van der Waals surface area (Å²) in [5.41, 5.74) is 2.48. The molecule has 1 aliphatic heterocycles. The first kappa shape index (κ1) is 4.74. The Hall–Kier alpha value is -1.11. The highest BCUT2D eigenvalue weighted by atomic mass is 14.7. The predicted octanol–water partition coefficient (Wildman–Crippen LogP) is 1.28. The molecule has 1 heterocycles. The maximum Gasteiger partial charge on any atom is 0.280 e. The summed E-state index contributed by atoms with van der Waals surface area (Å²) in [6, 6.07) is 8.22. The van der Waals surface area contributed by atoms with Gasteiger partial charge in [-0.2, -0.15) is 0 Å². The Kier molecular flexibility index (Phi) is 0.890. The Morgan fingerprint density at radius 1 is 1.22 bits per heavy atom. The largest absolute Gasteiger partial charge is 0.280 e. The molecule has 0 aliphatic carbocycles. The zero-order chi connectivity index (χ0) is 6.10. The SMILES string of the molecule is C1=[N+]c2ccccc2C1. The highest BCUT2D eigenvalue weighted by molar-refractivity contribution is 5.73. The molecule has 1 aromatic rings. The van der Waals surface area contributed by atoms with Gasteiger partial charge in [0.2, 0.25) is 6.21 Å². The van der Waals surface area contributed by atoms with E-state index in [1.165, 1.54) is 5.56 Å². The molecule has 2 rings (SSSR count). The van der Waals surface area contributed by atoms with Crippen molar-refractivity contribution in [2.75, 3.05) is 0 Å². The first-order valence-electron chi connectivity index (χ1n) is 3.07. The van der Waals surface area contributed by atoms with Gasteiger partial charge in [0, 0.05) is 11.6 Å². The molecule has 0 atom stereocenters. The number of para-hydroxylation sites is 1. The fraction of sp³-hybridized carbons (Fsp3) is 0.125. The number of nitrogens with zero attached hydrogens (tertiary/aromatic N) is 1. The van der Waals surface area contributed by atoms with Crippen molar-refractivity contribution >= 4 is 11.9 Å². The van der Waals surface area contributed by atoms with Crippen molar-refractivity contribution in [3.05, 3.63) is 29.8 Å². The van der Waals surface area contributed by atoms with E-state index in [1.807, 2.05) is 24.4 Å². The van der Waals surface area contributed by atoms with Crippen molar-refractivity contribution in [3.8, 4) is 0 Å². The summed E-state index contributed by atoms with van der Waals surface area (Å²) in [5, 5.41) is 0. The van der Waals surface area contributed by atoms with Crippen LogP contribution in [0.4, 0.5) is 5.69 Å². The summed E-state index contributed by atoms with van der Waals surface area (Å²) in [7, 11) is 0. The summed E-state index contributed by atoms with van der Waals surface area (Å²) in [6.07, 6.45) is 2.96.